The second-order valence-electron chi connectivity index (χ2n) is 8.58. The van der Waals surface area contributed by atoms with Crippen LogP contribution < -0.4 is 4.74 Å². The lowest BCUT2D eigenvalue weighted by Gasteiger charge is -2.25. The highest BCUT2D eigenvalue weighted by molar-refractivity contribution is 6.01. The molecule has 32 heavy (non-hydrogen) atoms. The Morgan fingerprint density at radius 3 is 2.72 bits per heavy atom. The zero-order chi connectivity index (χ0) is 22.2. The third-order valence-corrected chi connectivity index (χ3v) is 6.27. The number of methoxy groups -OCH3 is 1. The van der Waals surface area contributed by atoms with Gasteiger partial charge in [0.05, 0.1) is 24.2 Å². The number of hydrogen-bond donors (Lipinski definition) is 1. The number of hydrogen-bond acceptors (Lipinski definition) is 3. The molecule has 2 heterocycles. The van der Waals surface area contributed by atoms with Crippen molar-refractivity contribution in [3.05, 3.63) is 83.2 Å². The van der Waals surface area contributed by atoms with E-state index in [1.54, 1.807) is 7.11 Å². The predicted octanol–water partition coefficient (Wildman–Crippen LogP) is 5.83. The number of benzene rings is 3. The van der Waals surface area contributed by atoms with E-state index in [4.69, 9.17) is 9.72 Å². The minimum absolute atomic E-state index is 0.0609. The summed E-state index contributed by atoms with van der Waals surface area (Å²) in [5.74, 6) is 1.68. The smallest absolute Gasteiger partial charge is 0.255 e. The van der Waals surface area contributed by atoms with Gasteiger partial charge in [-0.05, 0) is 56.0 Å². The molecule has 1 saturated heterocycles. The number of aromatic nitrogens is 2. The Balaban J connectivity index is 1.52. The van der Waals surface area contributed by atoms with Gasteiger partial charge in [-0.1, -0.05) is 47.5 Å². The van der Waals surface area contributed by atoms with Gasteiger partial charge >= 0.3 is 0 Å². The maximum atomic E-state index is 13.8. The van der Waals surface area contributed by atoms with Gasteiger partial charge in [0, 0.05) is 18.2 Å². The van der Waals surface area contributed by atoms with Crippen molar-refractivity contribution in [3.63, 3.8) is 0 Å². The first-order valence-corrected chi connectivity index (χ1v) is 11.1. The predicted molar refractivity (Wildman–Crippen MR) is 127 cm³/mol. The van der Waals surface area contributed by atoms with Crippen molar-refractivity contribution < 1.29 is 9.53 Å². The first-order valence-electron chi connectivity index (χ1n) is 11.1. The zero-order valence-electron chi connectivity index (χ0n) is 18.7. The number of aromatic amines is 1. The summed E-state index contributed by atoms with van der Waals surface area (Å²) >= 11 is 0. The van der Waals surface area contributed by atoms with Crippen LogP contribution in [0.15, 0.2) is 60.7 Å². The molecule has 4 aromatic rings. The molecule has 0 spiro atoms. The van der Waals surface area contributed by atoms with Crippen LogP contribution in [0.4, 0.5) is 0 Å². The molecule has 1 amide bonds. The number of ether oxygens (including phenoxy) is 1. The topological polar surface area (TPSA) is 58.2 Å². The number of carbonyl (C=O) groups excluding carboxylic acids is 1. The van der Waals surface area contributed by atoms with E-state index in [1.165, 1.54) is 5.56 Å². The molecule has 1 aliphatic heterocycles. The average molecular weight is 426 g/mol. The second kappa shape index (κ2) is 8.15. The number of amides is 1. The van der Waals surface area contributed by atoms with E-state index in [9.17, 15) is 4.79 Å². The van der Waals surface area contributed by atoms with Crippen molar-refractivity contribution in [3.8, 4) is 16.9 Å². The van der Waals surface area contributed by atoms with Crippen molar-refractivity contribution in [1.29, 1.82) is 0 Å². The quantitative estimate of drug-likeness (QED) is 0.447. The van der Waals surface area contributed by atoms with Crippen LogP contribution in [0, 0.1) is 13.8 Å². The van der Waals surface area contributed by atoms with Crippen LogP contribution in [0.5, 0.6) is 5.75 Å². The van der Waals surface area contributed by atoms with E-state index in [0.29, 0.717) is 0 Å². The summed E-state index contributed by atoms with van der Waals surface area (Å²) in [6, 6.07) is 20.2. The summed E-state index contributed by atoms with van der Waals surface area (Å²) in [5.41, 5.74) is 6.87. The minimum atomic E-state index is -0.0632. The number of rotatable bonds is 4. The Morgan fingerprint density at radius 1 is 1.06 bits per heavy atom. The largest absolute Gasteiger partial charge is 0.497 e. The molecule has 5 nitrogen and oxygen atoms in total. The highest BCUT2D eigenvalue weighted by Gasteiger charge is 2.33. The Kier molecular flexibility index (Phi) is 5.17. The van der Waals surface area contributed by atoms with Crippen molar-refractivity contribution >= 4 is 16.9 Å². The van der Waals surface area contributed by atoms with Gasteiger partial charge in [0.1, 0.15) is 11.6 Å². The number of carbonyl (C=O) groups is 1. The maximum Gasteiger partial charge on any atom is 0.255 e. The SMILES string of the molecule is COc1ccc2nc([C@@H]3CCCN3C(=O)c3cc(C)ccc3-c3cccc(C)c3)[nH]c2c1. The summed E-state index contributed by atoms with van der Waals surface area (Å²) in [6.45, 7) is 4.84. The average Bonchev–Trinajstić information content (AvgIpc) is 3.44. The fraction of sp³-hybridized carbons (Fsp3) is 0.259. The van der Waals surface area contributed by atoms with Gasteiger partial charge in [0.15, 0.2) is 0 Å². The summed E-state index contributed by atoms with van der Waals surface area (Å²) in [6.07, 6.45) is 1.86. The third-order valence-electron chi connectivity index (χ3n) is 6.27. The molecule has 1 atom stereocenters. The van der Waals surface area contributed by atoms with Crippen molar-refractivity contribution in [2.24, 2.45) is 0 Å². The molecule has 1 fully saturated rings. The first-order chi connectivity index (χ1) is 15.5. The molecular weight excluding hydrogens is 398 g/mol. The highest BCUT2D eigenvalue weighted by Crippen LogP contribution is 2.35. The molecule has 3 aromatic carbocycles. The van der Waals surface area contributed by atoms with Crippen LogP contribution in [0.25, 0.3) is 22.2 Å². The fourth-order valence-electron chi connectivity index (χ4n) is 4.64. The maximum absolute atomic E-state index is 13.8. The summed E-state index contributed by atoms with van der Waals surface area (Å²) in [5, 5.41) is 0. The summed E-state index contributed by atoms with van der Waals surface area (Å²) in [7, 11) is 1.66. The van der Waals surface area contributed by atoms with E-state index < -0.39 is 0 Å². The molecule has 0 saturated carbocycles. The van der Waals surface area contributed by atoms with Gasteiger partial charge in [-0.3, -0.25) is 4.79 Å². The summed E-state index contributed by atoms with van der Waals surface area (Å²) < 4.78 is 5.34. The standard InChI is InChI=1S/C27H27N3O2/c1-17-6-4-7-19(14-17)21-11-9-18(2)15-22(21)27(31)30-13-5-8-25(30)26-28-23-12-10-20(32-3)16-24(23)29-26/h4,6-7,9-12,14-16,25H,5,8,13H2,1-3H3,(H,28,29)/t25-/m0/s1. The Hall–Kier alpha value is -3.60. The van der Waals surface area contributed by atoms with Crippen LogP contribution in [0.2, 0.25) is 0 Å². The third kappa shape index (κ3) is 3.64. The molecule has 5 heteroatoms. The number of likely N-dealkylation sites (tertiary alicyclic amines) is 1. The lowest BCUT2D eigenvalue weighted by Crippen LogP contribution is -2.31. The van der Waals surface area contributed by atoms with Crippen LogP contribution >= 0.6 is 0 Å². The van der Waals surface area contributed by atoms with Gasteiger partial charge in [0.25, 0.3) is 5.91 Å². The Morgan fingerprint density at radius 2 is 1.91 bits per heavy atom. The van der Waals surface area contributed by atoms with Gasteiger partial charge < -0.3 is 14.6 Å². The van der Waals surface area contributed by atoms with Crippen LogP contribution in [0.1, 0.15) is 46.2 Å². The molecule has 0 bridgehead atoms. The highest BCUT2D eigenvalue weighted by atomic mass is 16.5. The molecule has 162 valence electrons. The summed E-state index contributed by atoms with van der Waals surface area (Å²) in [4.78, 5) is 24.0. The molecule has 0 aliphatic carbocycles. The lowest BCUT2D eigenvalue weighted by atomic mass is 9.95. The van der Waals surface area contributed by atoms with Crippen LogP contribution in [-0.2, 0) is 0 Å². The molecule has 1 aliphatic rings. The molecule has 1 N–H and O–H groups in total. The van der Waals surface area contributed by atoms with Crippen LogP contribution in [0.3, 0.4) is 0 Å². The van der Waals surface area contributed by atoms with Crippen molar-refractivity contribution in [1.82, 2.24) is 14.9 Å². The minimum Gasteiger partial charge on any atom is -0.497 e. The molecular formula is C27H27N3O2. The normalized spacial score (nSPS) is 16.0. The molecule has 0 unspecified atom stereocenters. The Labute approximate surface area is 188 Å². The van der Waals surface area contributed by atoms with E-state index in [1.807, 2.05) is 42.2 Å². The number of aryl methyl sites for hydroxylation is 2. The van der Waals surface area contributed by atoms with Gasteiger partial charge in [-0.15, -0.1) is 0 Å². The number of imidazole rings is 1. The number of fused-ring (bicyclic) bond motifs is 1. The van der Waals surface area contributed by atoms with E-state index in [2.05, 4.69) is 42.2 Å². The Bertz CT molecular complexity index is 1310. The van der Waals surface area contributed by atoms with Gasteiger partial charge in [-0.2, -0.15) is 0 Å². The molecule has 5 rings (SSSR count). The fourth-order valence-corrected chi connectivity index (χ4v) is 4.64. The molecule has 1 aromatic heterocycles. The molecule has 0 radical (unpaired) electrons. The number of nitrogens with one attached hydrogen (secondary N) is 1. The van der Waals surface area contributed by atoms with Crippen molar-refractivity contribution in [2.45, 2.75) is 32.7 Å². The van der Waals surface area contributed by atoms with E-state index in [0.717, 1.165) is 64.2 Å². The van der Waals surface area contributed by atoms with Crippen LogP contribution in [-0.4, -0.2) is 34.4 Å². The van der Waals surface area contributed by atoms with E-state index >= 15 is 0 Å². The van der Waals surface area contributed by atoms with Gasteiger partial charge in [0.2, 0.25) is 0 Å². The van der Waals surface area contributed by atoms with Crippen molar-refractivity contribution in [2.75, 3.05) is 13.7 Å². The monoisotopic (exact) mass is 425 g/mol. The number of H-pyrrole nitrogens is 1. The zero-order valence-corrected chi connectivity index (χ0v) is 18.7. The first kappa shape index (κ1) is 20.3. The van der Waals surface area contributed by atoms with E-state index in [-0.39, 0.29) is 11.9 Å². The van der Waals surface area contributed by atoms with Gasteiger partial charge in [-0.25, -0.2) is 4.98 Å². The lowest BCUT2D eigenvalue weighted by molar-refractivity contribution is 0.0731. The number of nitrogens with zero attached hydrogens (tertiary/aromatic N) is 2. The second-order valence-corrected chi connectivity index (χ2v) is 8.58.